The van der Waals surface area contributed by atoms with Gasteiger partial charge in [-0.1, -0.05) is 91.9 Å². The Morgan fingerprint density at radius 2 is 1.42 bits per heavy atom. The van der Waals surface area contributed by atoms with Crippen molar-refractivity contribution in [2.24, 2.45) is 5.92 Å². The van der Waals surface area contributed by atoms with Gasteiger partial charge in [-0.15, -0.1) is 0 Å². The first-order valence-corrected chi connectivity index (χ1v) is 11.8. The minimum Gasteiger partial charge on any atom is -0.313 e. The summed E-state index contributed by atoms with van der Waals surface area (Å²) in [7, 11) is 0. The SMILES string of the molecule is Cc1cc(-c2ccc3c(c2)c2ccccc2n3C2=CC=CC(C)C2)ccc1-c1ccccc1. The van der Waals surface area contributed by atoms with Gasteiger partial charge >= 0.3 is 0 Å². The molecule has 1 aliphatic rings. The van der Waals surface area contributed by atoms with Gasteiger partial charge in [0.1, 0.15) is 0 Å². The fourth-order valence-corrected chi connectivity index (χ4v) is 5.23. The zero-order valence-electron chi connectivity index (χ0n) is 19.1. The number of aryl methyl sites for hydroxylation is 1. The molecule has 6 rings (SSSR count). The lowest BCUT2D eigenvalue weighted by atomic mass is 9.95. The predicted molar refractivity (Wildman–Crippen MR) is 142 cm³/mol. The molecule has 1 unspecified atom stereocenters. The quantitative estimate of drug-likeness (QED) is 0.272. The van der Waals surface area contributed by atoms with Crippen molar-refractivity contribution in [1.29, 1.82) is 0 Å². The minimum absolute atomic E-state index is 0.562. The summed E-state index contributed by atoms with van der Waals surface area (Å²) >= 11 is 0. The van der Waals surface area contributed by atoms with Crippen LogP contribution in [0.2, 0.25) is 0 Å². The molecule has 4 aromatic carbocycles. The maximum Gasteiger partial charge on any atom is 0.0538 e. The summed E-state index contributed by atoms with van der Waals surface area (Å²) < 4.78 is 2.46. The molecule has 33 heavy (non-hydrogen) atoms. The van der Waals surface area contributed by atoms with Gasteiger partial charge in [0.05, 0.1) is 11.0 Å². The Balaban J connectivity index is 1.50. The second kappa shape index (κ2) is 7.94. The maximum atomic E-state index is 2.46. The van der Waals surface area contributed by atoms with Crippen LogP contribution in [0.15, 0.2) is 109 Å². The van der Waals surface area contributed by atoms with Gasteiger partial charge in [-0.05, 0) is 71.4 Å². The number of rotatable bonds is 3. The highest BCUT2D eigenvalue weighted by molar-refractivity contribution is 6.11. The van der Waals surface area contributed by atoms with Gasteiger partial charge in [-0.25, -0.2) is 0 Å². The van der Waals surface area contributed by atoms with Crippen LogP contribution in [0.1, 0.15) is 18.9 Å². The lowest BCUT2D eigenvalue weighted by Crippen LogP contribution is -2.04. The molecule has 0 saturated heterocycles. The third-order valence-electron chi connectivity index (χ3n) is 6.86. The first-order chi connectivity index (χ1) is 16.2. The number of allylic oxidation sites excluding steroid dienone is 4. The lowest BCUT2D eigenvalue weighted by Gasteiger charge is -2.18. The van der Waals surface area contributed by atoms with Crippen LogP contribution in [0.3, 0.4) is 0 Å². The summed E-state index contributed by atoms with van der Waals surface area (Å²) in [5.74, 6) is 0.562. The third-order valence-corrected chi connectivity index (χ3v) is 6.86. The number of hydrogen-bond acceptors (Lipinski definition) is 0. The Hall–Kier alpha value is -3.84. The molecular weight excluding hydrogens is 398 g/mol. The average molecular weight is 426 g/mol. The Morgan fingerprint density at radius 3 is 2.24 bits per heavy atom. The van der Waals surface area contributed by atoms with Gasteiger partial charge in [-0.2, -0.15) is 0 Å². The van der Waals surface area contributed by atoms with Crippen molar-refractivity contribution in [3.05, 3.63) is 115 Å². The number of aromatic nitrogens is 1. The smallest absolute Gasteiger partial charge is 0.0538 e. The molecular formula is C32H27N. The van der Waals surface area contributed by atoms with E-state index in [9.17, 15) is 0 Å². The van der Waals surface area contributed by atoms with Gasteiger partial charge in [0.2, 0.25) is 0 Å². The van der Waals surface area contributed by atoms with Crippen LogP contribution < -0.4 is 0 Å². The van der Waals surface area contributed by atoms with E-state index in [0.717, 1.165) is 6.42 Å². The molecule has 0 N–H and O–H groups in total. The normalized spacial score (nSPS) is 15.8. The molecule has 1 heterocycles. The van der Waals surface area contributed by atoms with E-state index in [-0.39, 0.29) is 0 Å². The second-order valence-electron chi connectivity index (χ2n) is 9.20. The second-order valence-corrected chi connectivity index (χ2v) is 9.20. The van der Waals surface area contributed by atoms with Crippen LogP contribution in [0.25, 0.3) is 49.8 Å². The van der Waals surface area contributed by atoms with Crippen molar-refractivity contribution in [2.45, 2.75) is 20.3 Å². The molecule has 1 atom stereocenters. The van der Waals surface area contributed by atoms with Crippen LogP contribution >= 0.6 is 0 Å². The summed E-state index contributed by atoms with van der Waals surface area (Å²) in [5.41, 5.74) is 10.3. The van der Waals surface area contributed by atoms with Crippen LogP contribution in [0.4, 0.5) is 0 Å². The van der Waals surface area contributed by atoms with E-state index in [0.29, 0.717) is 5.92 Å². The summed E-state index contributed by atoms with van der Waals surface area (Å²) in [5, 5.41) is 2.63. The molecule has 0 spiro atoms. The Labute approximate surface area is 195 Å². The van der Waals surface area contributed by atoms with Gasteiger partial charge in [-0.3, -0.25) is 0 Å². The topological polar surface area (TPSA) is 4.93 Å². The van der Waals surface area contributed by atoms with Crippen molar-refractivity contribution in [3.63, 3.8) is 0 Å². The zero-order chi connectivity index (χ0) is 22.4. The summed E-state index contributed by atoms with van der Waals surface area (Å²) in [6.45, 7) is 4.50. The van der Waals surface area contributed by atoms with Crippen molar-refractivity contribution in [1.82, 2.24) is 4.57 Å². The average Bonchev–Trinajstić information content (AvgIpc) is 3.18. The number of nitrogens with zero attached hydrogens (tertiary/aromatic N) is 1. The highest BCUT2D eigenvalue weighted by Crippen LogP contribution is 2.37. The third kappa shape index (κ3) is 3.41. The molecule has 160 valence electrons. The first kappa shape index (κ1) is 19.8. The summed E-state index contributed by atoms with van der Waals surface area (Å²) in [6.07, 6.45) is 7.82. The Bertz CT molecular complexity index is 1550. The largest absolute Gasteiger partial charge is 0.313 e. The molecule has 1 aliphatic carbocycles. The minimum atomic E-state index is 0.562. The lowest BCUT2D eigenvalue weighted by molar-refractivity contribution is 0.730. The molecule has 1 heteroatoms. The number of hydrogen-bond donors (Lipinski definition) is 0. The van der Waals surface area contributed by atoms with Crippen LogP contribution in [0.5, 0.6) is 0 Å². The molecule has 1 aromatic heterocycles. The van der Waals surface area contributed by atoms with E-state index in [1.165, 1.54) is 55.3 Å². The van der Waals surface area contributed by atoms with E-state index in [1.54, 1.807) is 0 Å². The van der Waals surface area contributed by atoms with Gasteiger partial charge in [0, 0.05) is 16.5 Å². The van der Waals surface area contributed by atoms with Crippen LogP contribution in [-0.4, -0.2) is 4.57 Å². The van der Waals surface area contributed by atoms with Crippen molar-refractivity contribution >= 4 is 27.5 Å². The van der Waals surface area contributed by atoms with E-state index in [4.69, 9.17) is 0 Å². The molecule has 1 nitrogen and oxygen atoms in total. The van der Waals surface area contributed by atoms with E-state index in [1.807, 2.05) is 0 Å². The van der Waals surface area contributed by atoms with Gasteiger partial charge < -0.3 is 4.57 Å². The monoisotopic (exact) mass is 425 g/mol. The van der Waals surface area contributed by atoms with Gasteiger partial charge in [0.15, 0.2) is 0 Å². The molecule has 0 saturated carbocycles. The first-order valence-electron chi connectivity index (χ1n) is 11.8. The molecule has 0 bridgehead atoms. The standard InChI is InChI=1S/C32H27N/c1-22-9-8-12-27(19-22)33-31-14-7-6-13-29(31)30-21-26(16-18-32(30)33)25-15-17-28(23(2)20-25)24-10-4-3-5-11-24/h3-18,20-22H,19H2,1-2H3. The zero-order valence-corrected chi connectivity index (χ0v) is 19.1. The summed E-state index contributed by atoms with van der Waals surface area (Å²) in [4.78, 5) is 0. The van der Waals surface area contributed by atoms with Crippen molar-refractivity contribution in [3.8, 4) is 22.3 Å². The van der Waals surface area contributed by atoms with Crippen LogP contribution in [0, 0.1) is 12.8 Å². The van der Waals surface area contributed by atoms with Crippen LogP contribution in [-0.2, 0) is 0 Å². The van der Waals surface area contributed by atoms with Crippen molar-refractivity contribution < 1.29 is 0 Å². The number of para-hydroxylation sites is 1. The fourth-order valence-electron chi connectivity index (χ4n) is 5.23. The van der Waals surface area contributed by atoms with Gasteiger partial charge in [0.25, 0.3) is 0 Å². The molecule has 5 aromatic rings. The number of fused-ring (bicyclic) bond motifs is 3. The van der Waals surface area contributed by atoms with E-state index in [2.05, 4.69) is 128 Å². The molecule has 0 fully saturated rings. The Morgan fingerprint density at radius 1 is 0.697 bits per heavy atom. The molecule has 0 amide bonds. The highest BCUT2D eigenvalue weighted by Gasteiger charge is 2.17. The number of benzene rings is 4. The van der Waals surface area contributed by atoms with E-state index >= 15 is 0 Å². The maximum absolute atomic E-state index is 2.46. The van der Waals surface area contributed by atoms with E-state index < -0.39 is 0 Å². The van der Waals surface area contributed by atoms with Crippen molar-refractivity contribution in [2.75, 3.05) is 0 Å². The highest BCUT2D eigenvalue weighted by atomic mass is 15.0. The summed E-state index contributed by atoms with van der Waals surface area (Å²) in [6, 6.07) is 33.2. The molecule has 0 aliphatic heterocycles. The Kier molecular flexibility index (Phi) is 4.77. The predicted octanol–water partition coefficient (Wildman–Crippen LogP) is 8.87. The molecule has 0 radical (unpaired) electrons. The fraction of sp³-hybridized carbons (Fsp3) is 0.125.